The molecule has 0 amide bonds. The second kappa shape index (κ2) is 6.78. The van der Waals surface area contributed by atoms with Crippen molar-refractivity contribution in [3.8, 4) is 6.07 Å². The van der Waals surface area contributed by atoms with Crippen LogP contribution in [-0.4, -0.2) is 10.7 Å². The van der Waals surface area contributed by atoms with Crippen LogP contribution < -0.4 is 5.32 Å². The molecule has 0 fully saturated rings. The Morgan fingerprint density at radius 1 is 1.40 bits per heavy atom. The minimum Gasteiger partial charge on any atom is -0.330 e. The maximum absolute atomic E-state index is 9.39. The summed E-state index contributed by atoms with van der Waals surface area (Å²) < 4.78 is 0. The van der Waals surface area contributed by atoms with Crippen molar-refractivity contribution in [1.82, 2.24) is 4.98 Å². The summed E-state index contributed by atoms with van der Waals surface area (Å²) in [6.07, 6.45) is 0.931. The van der Waals surface area contributed by atoms with E-state index in [0.717, 1.165) is 33.6 Å². The predicted octanol–water partition coefficient (Wildman–Crippen LogP) is 4.74. The molecule has 3 nitrogen and oxygen atoms in total. The average molecular weight is 303 g/mol. The number of nitriles is 1. The summed E-state index contributed by atoms with van der Waals surface area (Å²) in [5.41, 5.74) is 2.66. The summed E-state index contributed by atoms with van der Waals surface area (Å²) in [7, 11) is 0. The fourth-order valence-electron chi connectivity index (χ4n) is 1.95. The Balaban J connectivity index is 2.33. The van der Waals surface area contributed by atoms with Crippen molar-refractivity contribution in [2.45, 2.75) is 32.1 Å². The minimum absolute atomic E-state index is 0.699. The molecule has 0 unspecified atom stereocenters. The largest absolute Gasteiger partial charge is 0.330 e. The second-order valence-corrected chi connectivity index (χ2v) is 6.73. The number of rotatable bonds is 5. The van der Waals surface area contributed by atoms with Crippen molar-refractivity contribution in [2.24, 2.45) is 0 Å². The summed E-state index contributed by atoms with van der Waals surface area (Å²) in [5.74, 6) is 0.953. The highest BCUT2D eigenvalue weighted by Gasteiger charge is 2.11. The van der Waals surface area contributed by atoms with Crippen molar-refractivity contribution < 1.29 is 0 Å². The molecule has 0 saturated carbocycles. The number of aryl methyl sites for hydroxylation is 2. The van der Waals surface area contributed by atoms with Crippen LogP contribution in [0.1, 0.15) is 30.0 Å². The van der Waals surface area contributed by atoms with E-state index in [1.807, 2.05) is 18.2 Å². The molecule has 20 heavy (non-hydrogen) atoms. The van der Waals surface area contributed by atoms with E-state index in [0.29, 0.717) is 5.56 Å². The van der Waals surface area contributed by atoms with E-state index in [1.54, 1.807) is 23.1 Å². The molecule has 1 N–H and O–H groups in total. The van der Waals surface area contributed by atoms with Gasteiger partial charge in [0.2, 0.25) is 0 Å². The SMILES string of the molecule is CCSc1cccc(Nc2nc(CC)c(C)s2)c1C#N. The smallest absolute Gasteiger partial charge is 0.187 e. The second-order valence-electron chi connectivity index (χ2n) is 4.22. The van der Waals surface area contributed by atoms with Gasteiger partial charge in [0.05, 0.1) is 16.9 Å². The van der Waals surface area contributed by atoms with Crippen LogP contribution >= 0.6 is 23.1 Å². The van der Waals surface area contributed by atoms with Crippen molar-refractivity contribution >= 4 is 33.9 Å². The van der Waals surface area contributed by atoms with Gasteiger partial charge in [0.15, 0.2) is 5.13 Å². The Hall–Kier alpha value is -1.51. The number of aromatic nitrogens is 1. The number of anilines is 2. The third-order valence-corrected chi connectivity index (χ3v) is 4.78. The molecule has 0 aliphatic carbocycles. The van der Waals surface area contributed by atoms with Crippen molar-refractivity contribution in [3.05, 3.63) is 34.3 Å². The quantitative estimate of drug-likeness (QED) is 0.810. The van der Waals surface area contributed by atoms with E-state index in [-0.39, 0.29) is 0 Å². The van der Waals surface area contributed by atoms with E-state index < -0.39 is 0 Å². The highest BCUT2D eigenvalue weighted by Crippen LogP contribution is 2.31. The summed E-state index contributed by atoms with van der Waals surface area (Å²) in [6.45, 7) is 6.27. The highest BCUT2D eigenvalue weighted by molar-refractivity contribution is 7.99. The number of nitrogens with one attached hydrogen (secondary N) is 1. The summed E-state index contributed by atoms with van der Waals surface area (Å²) in [4.78, 5) is 6.81. The summed E-state index contributed by atoms with van der Waals surface area (Å²) in [6, 6.07) is 8.19. The number of thiazole rings is 1. The molecule has 1 aromatic carbocycles. The molecule has 2 aromatic rings. The third kappa shape index (κ3) is 3.14. The minimum atomic E-state index is 0.699. The first-order chi connectivity index (χ1) is 9.69. The molecule has 0 atom stereocenters. The van der Waals surface area contributed by atoms with Gasteiger partial charge in [-0.3, -0.25) is 0 Å². The van der Waals surface area contributed by atoms with Crippen LogP contribution in [0.5, 0.6) is 0 Å². The van der Waals surface area contributed by atoms with Crippen LogP contribution in [-0.2, 0) is 6.42 Å². The fraction of sp³-hybridized carbons (Fsp3) is 0.333. The normalized spacial score (nSPS) is 10.3. The Morgan fingerprint density at radius 3 is 2.80 bits per heavy atom. The monoisotopic (exact) mass is 303 g/mol. The van der Waals surface area contributed by atoms with E-state index in [9.17, 15) is 5.26 Å². The van der Waals surface area contributed by atoms with Crippen molar-refractivity contribution in [3.63, 3.8) is 0 Å². The van der Waals surface area contributed by atoms with Gasteiger partial charge in [0.25, 0.3) is 0 Å². The van der Waals surface area contributed by atoms with Crippen LogP contribution in [0.15, 0.2) is 23.1 Å². The lowest BCUT2D eigenvalue weighted by Crippen LogP contribution is -1.95. The van der Waals surface area contributed by atoms with E-state index >= 15 is 0 Å². The van der Waals surface area contributed by atoms with Crippen molar-refractivity contribution in [1.29, 1.82) is 5.26 Å². The lowest BCUT2D eigenvalue weighted by Gasteiger charge is -2.08. The standard InChI is InChI=1S/C15H17N3S2/c1-4-12-10(3)20-15(17-12)18-13-7-6-8-14(19-5-2)11(13)9-16/h6-8H,4-5H2,1-3H3,(H,17,18). The number of benzene rings is 1. The molecule has 0 bridgehead atoms. The molecule has 1 aromatic heterocycles. The van der Waals surface area contributed by atoms with Gasteiger partial charge in [-0.1, -0.05) is 19.9 Å². The topological polar surface area (TPSA) is 48.7 Å². The van der Waals surface area contributed by atoms with E-state index in [1.165, 1.54) is 4.88 Å². The molecular formula is C15H17N3S2. The lowest BCUT2D eigenvalue weighted by molar-refractivity contribution is 1.05. The zero-order valence-corrected chi connectivity index (χ0v) is 13.5. The molecule has 5 heteroatoms. The van der Waals surface area contributed by atoms with Crippen LogP contribution in [0.25, 0.3) is 0 Å². The van der Waals surface area contributed by atoms with Gasteiger partial charge in [0, 0.05) is 9.77 Å². The van der Waals surface area contributed by atoms with Gasteiger partial charge in [-0.2, -0.15) is 5.26 Å². The Bertz CT molecular complexity index is 641. The Labute approximate surface area is 128 Å². The maximum Gasteiger partial charge on any atom is 0.187 e. The lowest BCUT2D eigenvalue weighted by atomic mass is 10.2. The van der Waals surface area contributed by atoms with E-state index in [4.69, 9.17) is 0 Å². The first kappa shape index (κ1) is 14.9. The number of nitrogens with zero attached hydrogens (tertiary/aromatic N) is 2. The highest BCUT2D eigenvalue weighted by atomic mass is 32.2. The average Bonchev–Trinajstić information content (AvgIpc) is 2.79. The molecule has 0 saturated heterocycles. The summed E-state index contributed by atoms with van der Waals surface area (Å²) >= 11 is 3.32. The van der Waals surface area contributed by atoms with Gasteiger partial charge in [-0.15, -0.1) is 23.1 Å². The van der Waals surface area contributed by atoms with Gasteiger partial charge >= 0.3 is 0 Å². The zero-order valence-electron chi connectivity index (χ0n) is 11.9. The number of hydrogen-bond donors (Lipinski definition) is 1. The predicted molar refractivity (Wildman–Crippen MR) is 87.1 cm³/mol. The van der Waals surface area contributed by atoms with E-state index in [2.05, 4.69) is 37.1 Å². The maximum atomic E-state index is 9.39. The van der Waals surface area contributed by atoms with Gasteiger partial charge in [0.1, 0.15) is 6.07 Å². The van der Waals surface area contributed by atoms with Gasteiger partial charge in [-0.25, -0.2) is 4.98 Å². The van der Waals surface area contributed by atoms with Crippen LogP contribution in [0.2, 0.25) is 0 Å². The first-order valence-electron chi connectivity index (χ1n) is 6.58. The molecule has 104 valence electrons. The third-order valence-electron chi connectivity index (χ3n) is 2.91. The van der Waals surface area contributed by atoms with Gasteiger partial charge in [-0.05, 0) is 31.2 Å². The number of hydrogen-bond acceptors (Lipinski definition) is 5. The molecule has 0 aliphatic heterocycles. The molecule has 2 rings (SSSR count). The Kier molecular flexibility index (Phi) is 5.05. The molecule has 0 spiro atoms. The van der Waals surface area contributed by atoms with Crippen molar-refractivity contribution in [2.75, 3.05) is 11.1 Å². The Morgan fingerprint density at radius 2 is 2.20 bits per heavy atom. The zero-order chi connectivity index (χ0) is 14.5. The molecule has 1 heterocycles. The van der Waals surface area contributed by atoms with Crippen LogP contribution in [0.3, 0.4) is 0 Å². The summed E-state index contributed by atoms with van der Waals surface area (Å²) in [5, 5.41) is 13.5. The molecular weight excluding hydrogens is 286 g/mol. The number of thioether (sulfide) groups is 1. The first-order valence-corrected chi connectivity index (χ1v) is 8.39. The molecule has 0 radical (unpaired) electrons. The van der Waals surface area contributed by atoms with Gasteiger partial charge < -0.3 is 5.32 Å². The van der Waals surface area contributed by atoms with Crippen LogP contribution in [0.4, 0.5) is 10.8 Å². The fourth-order valence-corrected chi connectivity index (χ4v) is 3.65. The van der Waals surface area contributed by atoms with Crippen LogP contribution in [0, 0.1) is 18.3 Å². The molecule has 0 aliphatic rings.